The van der Waals surface area contributed by atoms with E-state index in [-0.39, 0.29) is 6.61 Å². The number of aromatic nitrogens is 3. The Bertz CT molecular complexity index is 906. The third-order valence-electron chi connectivity index (χ3n) is 3.99. The molecule has 2 aromatic heterocycles. The van der Waals surface area contributed by atoms with E-state index in [2.05, 4.69) is 25.6 Å². The summed E-state index contributed by atoms with van der Waals surface area (Å²) in [6, 6.07) is 11.1. The third kappa shape index (κ3) is 4.86. The van der Waals surface area contributed by atoms with Gasteiger partial charge < -0.3 is 25.2 Å². The number of aliphatic hydroxyl groups excluding tert-OH is 1. The van der Waals surface area contributed by atoms with Crippen LogP contribution in [0, 0.1) is 0 Å². The summed E-state index contributed by atoms with van der Waals surface area (Å²) in [4.78, 5) is 13.1. The molecule has 0 saturated heterocycles. The maximum absolute atomic E-state index is 9.00. The highest BCUT2D eigenvalue weighted by Crippen LogP contribution is 2.32. The Morgan fingerprint density at radius 3 is 2.54 bits per heavy atom. The van der Waals surface area contributed by atoms with Crippen LogP contribution in [0.3, 0.4) is 0 Å². The first-order chi connectivity index (χ1) is 13.7. The Morgan fingerprint density at radius 2 is 1.82 bits per heavy atom. The number of rotatable bonds is 9. The fourth-order valence-electron chi connectivity index (χ4n) is 2.58. The molecular weight excluding hydrogens is 358 g/mol. The molecule has 8 nitrogen and oxygen atoms in total. The van der Waals surface area contributed by atoms with E-state index in [0.717, 1.165) is 16.9 Å². The second kappa shape index (κ2) is 9.52. The second-order valence-corrected chi connectivity index (χ2v) is 5.89. The van der Waals surface area contributed by atoms with Crippen molar-refractivity contribution < 1.29 is 14.6 Å². The van der Waals surface area contributed by atoms with Crippen LogP contribution in [0.25, 0.3) is 11.3 Å². The first kappa shape index (κ1) is 19.4. The number of anilines is 3. The van der Waals surface area contributed by atoms with Crippen molar-refractivity contribution in [3.8, 4) is 22.8 Å². The van der Waals surface area contributed by atoms with E-state index in [1.54, 1.807) is 32.7 Å². The third-order valence-corrected chi connectivity index (χ3v) is 3.99. The average Bonchev–Trinajstić information content (AvgIpc) is 2.74. The molecule has 0 unspecified atom stereocenters. The fourth-order valence-corrected chi connectivity index (χ4v) is 2.58. The van der Waals surface area contributed by atoms with Gasteiger partial charge in [0.25, 0.3) is 0 Å². The molecule has 146 valence electrons. The lowest BCUT2D eigenvalue weighted by Gasteiger charge is -2.14. The Labute approximate surface area is 163 Å². The summed E-state index contributed by atoms with van der Waals surface area (Å²) in [5.41, 5.74) is 2.43. The summed E-state index contributed by atoms with van der Waals surface area (Å²) >= 11 is 0. The molecule has 0 fully saturated rings. The zero-order valence-electron chi connectivity index (χ0n) is 15.8. The summed E-state index contributed by atoms with van der Waals surface area (Å²) in [6.07, 6.45) is 4.05. The molecule has 8 heteroatoms. The molecule has 3 N–H and O–H groups in total. The van der Waals surface area contributed by atoms with Crippen molar-refractivity contribution in [3.63, 3.8) is 0 Å². The lowest BCUT2D eigenvalue weighted by Crippen LogP contribution is -2.09. The summed E-state index contributed by atoms with van der Waals surface area (Å²) in [6.45, 7) is 0.673. The van der Waals surface area contributed by atoms with Gasteiger partial charge in [0, 0.05) is 43.2 Å². The largest absolute Gasteiger partial charge is 0.497 e. The highest BCUT2D eigenvalue weighted by Gasteiger charge is 2.10. The molecule has 0 radical (unpaired) electrons. The lowest BCUT2D eigenvalue weighted by molar-refractivity contribution is 0.292. The zero-order valence-corrected chi connectivity index (χ0v) is 15.8. The first-order valence-electron chi connectivity index (χ1n) is 8.86. The number of aliphatic hydroxyl groups is 1. The topological polar surface area (TPSA) is 101 Å². The lowest BCUT2D eigenvalue weighted by atomic mass is 10.2. The van der Waals surface area contributed by atoms with Gasteiger partial charge in [-0.1, -0.05) is 0 Å². The Kier molecular flexibility index (Phi) is 6.59. The van der Waals surface area contributed by atoms with E-state index in [0.29, 0.717) is 36.2 Å². The van der Waals surface area contributed by atoms with Crippen molar-refractivity contribution in [1.82, 2.24) is 15.0 Å². The Balaban J connectivity index is 1.94. The molecule has 0 amide bonds. The van der Waals surface area contributed by atoms with Crippen molar-refractivity contribution in [2.45, 2.75) is 6.42 Å². The van der Waals surface area contributed by atoms with E-state index < -0.39 is 0 Å². The van der Waals surface area contributed by atoms with Gasteiger partial charge in [-0.15, -0.1) is 0 Å². The Morgan fingerprint density at radius 1 is 1.00 bits per heavy atom. The van der Waals surface area contributed by atoms with E-state index >= 15 is 0 Å². The normalized spacial score (nSPS) is 10.4. The van der Waals surface area contributed by atoms with Crippen LogP contribution in [-0.2, 0) is 0 Å². The van der Waals surface area contributed by atoms with E-state index in [9.17, 15) is 0 Å². The van der Waals surface area contributed by atoms with Crippen LogP contribution >= 0.6 is 0 Å². The quantitative estimate of drug-likeness (QED) is 0.486. The molecule has 0 saturated carbocycles. The summed E-state index contributed by atoms with van der Waals surface area (Å²) in [7, 11) is 3.21. The smallest absolute Gasteiger partial charge is 0.225 e. The van der Waals surface area contributed by atoms with Gasteiger partial charge in [0.15, 0.2) is 0 Å². The minimum absolute atomic E-state index is 0.102. The predicted octanol–water partition coefficient (Wildman–Crippen LogP) is 3.09. The van der Waals surface area contributed by atoms with Crippen LogP contribution in [-0.4, -0.2) is 47.4 Å². The SMILES string of the molecule is COc1ccc(Nc2cc(-c3ccncc3)nc(NCCCO)n2)c(OC)c1. The zero-order chi connectivity index (χ0) is 19.8. The van der Waals surface area contributed by atoms with Gasteiger partial charge in [0.2, 0.25) is 5.95 Å². The molecule has 2 heterocycles. The maximum Gasteiger partial charge on any atom is 0.225 e. The monoisotopic (exact) mass is 381 g/mol. The van der Waals surface area contributed by atoms with Crippen molar-refractivity contribution in [2.24, 2.45) is 0 Å². The van der Waals surface area contributed by atoms with E-state index in [1.807, 2.05) is 30.3 Å². The number of nitrogens with zero attached hydrogens (tertiary/aromatic N) is 3. The molecular formula is C20H23N5O3. The van der Waals surface area contributed by atoms with Crippen LogP contribution in [0.5, 0.6) is 11.5 Å². The number of nitrogens with one attached hydrogen (secondary N) is 2. The van der Waals surface area contributed by atoms with Gasteiger partial charge in [-0.2, -0.15) is 4.98 Å². The summed E-state index contributed by atoms with van der Waals surface area (Å²) in [5, 5.41) is 15.4. The van der Waals surface area contributed by atoms with Crippen LogP contribution in [0.2, 0.25) is 0 Å². The number of ether oxygens (including phenoxy) is 2. The van der Waals surface area contributed by atoms with Gasteiger partial charge in [0.1, 0.15) is 17.3 Å². The van der Waals surface area contributed by atoms with Crippen molar-refractivity contribution in [1.29, 1.82) is 0 Å². The molecule has 0 spiro atoms. The summed E-state index contributed by atoms with van der Waals surface area (Å²) in [5.74, 6) is 2.42. The minimum Gasteiger partial charge on any atom is -0.497 e. The highest BCUT2D eigenvalue weighted by molar-refractivity contribution is 5.70. The van der Waals surface area contributed by atoms with Gasteiger partial charge in [-0.3, -0.25) is 4.98 Å². The number of pyridine rings is 1. The first-order valence-corrected chi connectivity index (χ1v) is 8.86. The van der Waals surface area contributed by atoms with Gasteiger partial charge >= 0.3 is 0 Å². The molecule has 0 aliphatic carbocycles. The number of hydrogen-bond donors (Lipinski definition) is 3. The molecule has 3 rings (SSSR count). The standard InChI is InChI=1S/C20H23N5O3/c1-27-15-4-5-16(18(12-15)28-2)23-19-13-17(14-6-9-21-10-7-14)24-20(25-19)22-8-3-11-26/h4-7,9-10,12-13,26H,3,8,11H2,1-2H3,(H2,22,23,24,25). The van der Waals surface area contributed by atoms with Crippen LogP contribution in [0.1, 0.15) is 6.42 Å². The number of benzene rings is 1. The maximum atomic E-state index is 9.00. The van der Waals surface area contributed by atoms with Crippen molar-refractivity contribution in [3.05, 3.63) is 48.8 Å². The number of hydrogen-bond acceptors (Lipinski definition) is 8. The molecule has 0 aliphatic heterocycles. The fraction of sp³-hybridized carbons (Fsp3) is 0.250. The highest BCUT2D eigenvalue weighted by atomic mass is 16.5. The van der Waals surface area contributed by atoms with Crippen molar-refractivity contribution >= 4 is 17.5 Å². The van der Waals surface area contributed by atoms with Gasteiger partial charge in [0.05, 0.1) is 25.6 Å². The minimum atomic E-state index is 0.102. The van der Waals surface area contributed by atoms with E-state index in [4.69, 9.17) is 14.6 Å². The predicted molar refractivity (Wildman–Crippen MR) is 108 cm³/mol. The number of methoxy groups -OCH3 is 2. The average molecular weight is 381 g/mol. The molecule has 0 atom stereocenters. The summed E-state index contributed by atoms with van der Waals surface area (Å²) < 4.78 is 10.7. The van der Waals surface area contributed by atoms with Crippen LogP contribution in [0.15, 0.2) is 48.8 Å². The molecule has 28 heavy (non-hydrogen) atoms. The van der Waals surface area contributed by atoms with Gasteiger partial charge in [-0.25, -0.2) is 4.98 Å². The Hall–Kier alpha value is -3.39. The molecule has 1 aromatic carbocycles. The molecule has 0 aliphatic rings. The van der Waals surface area contributed by atoms with Crippen LogP contribution < -0.4 is 20.1 Å². The van der Waals surface area contributed by atoms with Gasteiger partial charge in [-0.05, 0) is 30.7 Å². The molecule has 3 aromatic rings. The second-order valence-electron chi connectivity index (χ2n) is 5.89. The van der Waals surface area contributed by atoms with Crippen LogP contribution in [0.4, 0.5) is 17.5 Å². The molecule has 0 bridgehead atoms. The van der Waals surface area contributed by atoms with E-state index in [1.165, 1.54) is 0 Å². The van der Waals surface area contributed by atoms with Crippen molar-refractivity contribution in [2.75, 3.05) is 38.0 Å².